The maximum atomic E-state index is 12.1. The molecule has 6 heteroatoms. The number of hydrogen-bond donors (Lipinski definition) is 1. The second-order valence-corrected chi connectivity index (χ2v) is 4.71. The van der Waals surface area contributed by atoms with E-state index in [9.17, 15) is 4.79 Å². The van der Waals surface area contributed by atoms with E-state index < -0.39 is 0 Å². The van der Waals surface area contributed by atoms with Gasteiger partial charge in [-0.1, -0.05) is 6.07 Å². The van der Waals surface area contributed by atoms with Gasteiger partial charge < -0.3 is 5.32 Å². The van der Waals surface area contributed by atoms with Crippen molar-refractivity contribution in [1.29, 1.82) is 0 Å². The molecule has 1 amide bonds. The number of nitrogens with one attached hydrogen (secondary N) is 1. The monoisotopic (exact) mass is 308 g/mol. The smallest absolute Gasteiger partial charge is 0.270 e. The van der Waals surface area contributed by atoms with Gasteiger partial charge in [-0.2, -0.15) is 5.10 Å². The zero-order valence-corrected chi connectivity index (χ0v) is 11.7. The number of aromatic nitrogens is 3. The Labute approximate surface area is 113 Å². The third kappa shape index (κ3) is 2.59. The molecule has 0 saturated heterocycles. The molecule has 0 bridgehead atoms. The topological polar surface area (TPSA) is 59.8 Å². The van der Waals surface area contributed by atoms with Crippen molar-refractivity contribution < 1.29 is 4.79 Å². The first-order chi connectivity index (χ1) is 8.59. The van der Waals surface area contributed by atoms with E-state index in [1.165, 1.54) is 0 Å². The summed E-state index contributed by atoms with van der Waals surface area (Å²) in [7, 11) is 1.75. The largest absolute Gasteiger partial charge is 0.347 e. The summed E-state index contributed by atoms with van der Waals surface area (Å²) in [6.07, 6.45) is 3.43. The molecule has 0 aromatic carbocycles. The summed E-state index contributed by atoms with van der Waals surface area (Å²) in [6, 6.07) is 3.75. The Balaban J connectivity index is 2.09. The molecule has 1 N–H and O–H groups in total. The highest BCUT2D eigenvalue weighted by Crippen LogP contribution is 2.19. The molecule has 2 rings (SSSR count). The fourth-order valence-corrected chi connectivity index (χ4v) is 2.16. The number of pyridine rings is 1. The quantitative estimate of drug-likeness (QED) is 0.941. The van der Waals surface area contributed by atoms with Crippen LogP contribution in [0.1, 0.15) is 21.7 Å². The van der Waals surface area contributed by atoms with Gasteiger partial charge in [-0.25, -0.2) is 0 Å². The number of amides is 1. The molecule has 94 valence electrons. The Morgan fingerprint density at radius 1 is 1.56 bits per heavy atom. The van der Waals surface area contributed by atoms with E-state index in [0.29, 0.717) is 12.2 Å². The minimum absolute atomic E-state index is 0.158. The minimum Gasteiger partial charge on any atom is -0.347 e. The van der Waals surface area contributed by atoms with Crippen molar-refractivity contribution >= 4 is 21.8 Å². The van der Waals surface area contributed by atoms with Crippen LogP contribution in [-0.2, 0) is 13.6 Å². The standard InChI is InChI=1S/C12H13BrN4O/c1-8-10(13)11(17(2)16-8)12(18)15-7-9-4-3-5-14-6-9/h3-6H,7H2,1-2H3,(H,15,18). The first-order valence-electron chi connectivity index (χ1n) is 5.46. The first kappa shape index (κ1) is 12.8. The van der Waals surface area contributed by atoms with Gasteiger partial charge in [0.05, 0.1) is 10.2 Å². The number of hydrogen-bond acceptors (Lipinski definition) is 3. The first-order valence-corrected chi connectivity index (χ1v) is 6.25. The number of carbonyl (C=O) groups excluding carboxylic acids is 1. The lowest BCUT2D eigenvalue weighted by Gasteiger charge is -2.05. The van der Waals surface area contributed by atoms with E-state index in [1.807, 2.05) is 19.1 Å². The van der Waals surface area contributed by atoms with Crippen molar-refractivity contribution in [3.8, 4) is 0 Å². The molecule has 0 fully saturated rings. The van der Waals surface area contributed by atoms with Gasteiger partial charge in [-0.05, 0) is 34.5 Å². The van der Waals surface area contributed by atoms with Crippen molar-refractivity contribution in [2.24, 2.45) is 7.05 Å². The van der Waals surface area contributed by atoms with Gasteiger partial charge in [-0.15, -0.1) is 0 Å². The summed E-state index contributed by atoms with van der Waals surface area (Å²) in [4.78, 5) is 16.0. The molecule has 0 atom stereocenters. The molecule has 0 aliphatic rings. The summed E-state index contributed by atoms with van der Waals surface area (Å²) in [5.41, 5.74) is 2.28. The van der Waals surface area contributed by atoms with Crippen molar-refractivity contribution in [3.63, 3.8) is 0 Å². The van der Waals surface area contributed by atoms with Gasteiger partial charge in [0.15, 0.2) is 0 Å². The minimum atomic E-state index is -0.158. The van der Waals surface area contributed by atoms with E-state index in [-0.39, 0.29) is 5.91 Å². The number of halogens is 1. The highest BCUT2D eigenvalue weighted by atomic mass is 79.9. The van der Waals surface area contributed by atoms with Crippen LogP contribution in [0.15, 0.2) is 29.0 Å². The van der Waals surface area contributed by atoms with Crippen LogP contribution >= 0.6 is 15.9 Å². The van der Waals surface area contributed by atoms with Crippen molar-refractivity contribution in [2.75, 3.05) is 0 Å². The van der Waals surface area contributed by atoms with Crippen molar-refractivity contribution in [2.45, 2.75) is 13.5 Å². The van der Waals surface area contributed by atoms with Crippen molar-refractivity contribution in [3.05, 3.63) is 46.0 Å². The van der Waals surface area contributed by atoms with Crippen LogP contribution in [-0.4, -0.2) is 20.7 Å². The van der Waals surface area contributed by atoms with Crippen LogP contribution in [0.5, 0.6) is 0 Å². The zero-order chi connectivity index (χ0) is 13.1. The van der Waals surface area contributed by atoms with Crippen LogP contribution in [0.2, 0.25) is 0 Å². The van der Waals surface area contributed by atoms with Gasteiger partial charge in [0, 0.05) is 26.0 Å². The third-order valence-corrected chi connectivity index (χ3v) is 3.49. The molecule has 0 spiro atoms. The molecule has 0 aliphatic carbocycles. The van der Waals surface area contributed by atoms with E-state index in [0.717, 1.165) is 15.7 Å². The average molecular weight is 309 g/mol. The average Bonchev–Trinajstić information content (AvgIpc) is 2.62. The summed E-state index contributed by atoms with van der Waals surface area (Å²) in [5.74, 6) is -0.158. The molecule has 2 heterocycles. The summed E-state index contributed by atoms with van der Waals surface area (Å²) >= 11 is 3.37. The van der Waals surface area contributed by atoms with Gasteiger partial charge in [0.25, 0.3) is 5.91 Å². The van der Waals surface area contributed by atoms with E-state index in [4.69, 9.17) is 0 Å². The lowest BCUT2D eigenvalue weighted by Crippen LogP contribution is -2.25. The fraction of sp³-hybridized carbons (Fsp3) is 0.250. The zero-order valence-electron chi connectivity index (χ0n) is 10.1. The number of carbonyl (C=O) groups is 1. The normalized spacial score (nSPS) is 10.4. The molecular formula is C12H13BrN4O. The van der Waals surface area contributed by atoms with E-state index in [1.54, 1.807) is 24.1 Å². The molecule has 0 saturated carbocycles. The van der Waals surface area contributed by atoms with E-state index >= 15 is 0 Å². The van der Waals surface area contributed by atoms with Gasteiger partial charge in [0.2, 0.25) is 0 Å². The summed E-state index contributed by atoms with van der Waals surface area (Å²) < 4.78 is 2.30. The van der Waals surface area contributed by atoms with Gasteiger partial charge in [-0.3, -0.25) is 14.5 Å². The van der Waals surface area contributed by atoms with Gasteiger partial charge >= 0.3 is 0 Å². The molecule has 0 aliphatic heterocycles. The number of aryl methyl sites for hydroxylation is 2. The molecule has 18 heavy (non-hydrogen) atoms. The Kier molecular flexibility index (Phi) is 3.76. The second-order valence-electron chi connectivity index (χ2n) is 3.92. The van der Waals surface area contributed by atoms with Crippen LogP contribution in [0, 0.1) is 6.92 Å². The lowest BCUT2D eigenvalue weighted by molar-refractivity contribution is 0.0940. The van der Waals surface area contributed by atoms with E-state index in [2.05, 4.69) is 31.3 Å². The van der Waals surface area contributed by atoms with Gasteiger partial charge in [0.1, 0.15) is 5.69 Å². The Morgan fingerprint density at radius 2 is 2.33 bits per heavy atom. The molecule has 2 aromatic rings. The molecular weight excluding hydrogens is 296 g/mol. The Bertz CT molecular complexity index is 565. The second kappa shape index (κ2) is 5.30. The molecule has 2 aromatic heterocycles. The SMILES string of the molecule is Cc1nn(C)c(C(=O)NCc2cccnc2)c1Br. The third-order valence-electron chi connectivity index (χ3n) is 2.54. The Hall–Kier alpha value is -1.69. The number of rotatable bonds is 3. The summed E-state index contributed by atoms with van der Waals surface area (Å²) in [6.45, 7) is 2.30. The van der Waals surface area contributed by atoms with Crippen LogP contribution < -0.4 is 5.32 Å². The Morgan fingerprint density at radius 3 is 2.89 bits per heavy atom. The predicted molar refractivity (Wildman–Crippen MR) is 71.1 cm³/mol. The maximum absolute atomic E-state index is 12.1. The molecule has 0 unspecified atom stereocenters. The fourth-order valence-electron chi connectivity index (χ4n) is 1.65. The van der Waals surface area contributed by atoms with Crippen LogP contribution in [0.4, 0.5) is 0 Å². The molecule has 0 radical (unpaired) electrons. The van der Waals surface area contributed by atoms with Crippen molar-refractivity contribution in [1.82, 2.24) is 20.1 Å². The molecule has 5 nitrogen and oxygen atoms in total. The maximum Gasteiger partial charge on any atom is 0.270 e. The number of nitrogens with zero attached hydrogens (tertiary/aromatic N) is 3. The lowest BCUT2D eigenvalue weighted by atomic mass is 10.3. The van der Waals surface area contributed by atoms with Crippen LogP contribution in [0.3, 0.4) is 0 Å². The highest BCUT2D eigenvalue weighted by molar-refractivity contribution is 9.10. The summed E-state index contributed by atoms with van der Waals surface area (Å²) in [5, 5.41) is 7.02. The highest BCUT2D eigenvalue weighted by Gasteiger charge is 2.17. The van der Waals surface area contributed by atoms with Crippen LogP contribution in [0.25, 0.3) is 0 Å². The predicted octanol–water partition coefficient (Wildman–Crippen LogP) is 1.82.